The fraction of sp³-hybridized carbons (Fsp3) is 0.688. The van der Waals surface area contributed by atoms with Crippen LogP contribution in [0.5, 0.6) is 0 Å². The quantitative estimate of drug-likeness (QED) is 0.693. The molecular weight excluding hydrogens is 236 g/mol. The molecular formula is C16H26N2O. The highest BCUT2D eigenvalue weighted by atomic mass is 16.5. The summed E-state index contributed by atoms with van der Waals surface area (Å²) in [5, 5.41) is 3.38. The summed E-state index contributed by atoms with van der Waals surface area (Å²) in [4.78, 5) is 4.44. The van der Waals surface area contributed by atoms with E-state index in [4.69, 9.17) is 4.74 Å². The topological polar surface area (TPSA) is 34.1 Å². The standard InChI is InChI=1S/C16H26N2O/c1-2-9-17-11-15-6-7-16(18-12-15)13-19-10-8-14-4-3-5-14/h6-7,12,14,17H,2-5,8-11,13H2,1H3. The maximum absolute atomic E-state index is 5.69. The zero-order valence-corrected chi connectivity index (χ0v) is 12.0. The Kier molecular flexibility index (Phi) is 6.31. The van der Waals surface area contributed by atoms with Crippen LogP contribution in [0.3, 0.4) is 0 Å². The first-order valence-electron chi connectivity index (χ1n) is 7.60. The highest BCUT2D eigenvalue weighted by Gasteiger charge is 2.16. The third-order valence-corrected chi connectivity index (χ3v) is 3.79. The highest BCUT2D eigenvalue weighted by Crippen LogP contribution is 2.29. The third-order valence-electron chi connectivity index (χ3n) is 3.79. The van der Waals surface area contributed by atoms with Crippen molar-refractivity contribution in [3.63, 3.8) is 0 Å². The maximum atomic E-state index is 5.69. The van der Waals surface area contributed by atoms with Gasteiger partial charge in [-0.25, -0.2) is 0 Å². The van der Waals surface area contributed by atoms with E-state index in [0.29, 0.717) is 6.61 Å². The second-order valence-electron chi connectivity index (χ2n) is 5.47. The Morgan fingerprint density at radius 3 is 2.89 bits per heavy atom. The fourth-order valence-electron chi connectivity index (χ4n) is 2.26. The zero-order valence-electron chi connectivity index (χ0n) is 12.0. The summed E-state index contributed by atoms with van der Waals surface area (Å²) in [5.74, 6) is 0.931. The molecule has 19 heavy (non-hydrogen) atoms. The van der Waals surface area contributed by atoms with Crippen molar-refractivity contribution in [1.29, 1.82) is 0 Å². The van der Waals surface area contributed by atoms with E-state index >= 15 is 0 Å². The average molecular weight is 262 g/mol. The smallest absolute Gasteiger partial charge is 0.0887 e. The molecule has 0 radical (unpaired) electrons. The molecule has 0 bridgehead atoms. The van der Waals surface area contributed by atoms with Crippen molar-refractivity contribution in [2.24, 2.45) is 5.92 Å². The summed E-state index contributed by atoms with van der Waals surface area (Å²) < 4.78 is 5.69. The number of hydrogen-bond acceptors (Lipinski definition) is 3. The van der Waals surface area contributed by atoms with E-state index in [9.17, 15) is 0 Å². The number of hydrogen-bond donors (Lipinski definition) is 1. The molecule has 106 valence electrons. The van der Waals surface area contributed by atoms with Crippen LogP contribution in [0.1, 0.15) is 50.3 Å². The van der Waals surface area contributed by atoms with Crippen molar-refractivity contribution < 1.29 is 4.74 Å². The molecule has 1 heterocycles. The summed E-state index contributed by atoms with van der Waals surface area (Å²) in [6.07, 6.45) is 8.56. The van der Waals surface area contributed by atoms with Crippen LogP contribution in [0.25, 0.3) is 0 Å². The van der Waals surface area contributed by atoms with Crippen molar-refractivity contribution in [3.8, 4) is 0 Å². The van der Waals surface area contributed by atoms with Gasteiger partial charge in [-0.15, -0.1) is 0 Å². The Morgan fingerprint density at radius 1 is 1.37 bits per heavy atom. The molecule has 0 aromatic carbocycles. The molecule has 0 saturated heterocycles. The molecule has 0 aliphatic heterocycles. The molecule has 3 nitrogen and oxygen atoms in total. The Bertz CT molecular complexity index is 346. The maximum Gasteiger partial charge on any atom is 0.0887 e. The molecule has 1 aromatic rings. The van der Waals surface area contributed by atoms with Crippen LogP contribution in [0.2, 0.25) is 0 Å². The van der Waals surface area contributed by atoms with E-state index in [-0.39, 0.29) is 0 Å². The van der Waals surface area contributed by atoms with E-state index in [0.717, 1.165) is 31.3 Å². The van der Waals surface area contributed by atoms with Gasteiger partial charge in [-0.2, -0.15) is 0 Å². The van der Waals surface area contributed by atoms with E-state index in [1.165, 1.54) is 37.7 Å². The molecule has 1 aliphatic rings. The second kappa shape index (κ2) is 8.28. The number of pyridine rings is 1. The van der Waals surface area contributed by atoms with Gasteiger partial charge in [-0.1, -0.05) is 32.3 Å². The van der Waals surface area contributed by atoms with Gasteiger partial charge in [0.05, 0.1) is 12.3 Å². The monoisotopic (exact) mass is 262 g/mol. The minimum Gasteiger partial charge on any atom is -0.375 e. The second-order valence-corrected chi connectivity index (χ2v) is 5.47. The normalized spacial score (nSPS) is 15.4. The van der Waals surface area contributed by atoms with Gasteiger partial charge < -0.3 is 10.1 Å². The molecule has 1 aliphatic carbocycles. The van der Waals surface area contributed by atoms with Crippen LogP contribution < -0.4 is 5.32 Å². The molecule has 2 rings (SSSR count). The number of aromatic nitrogens is 1. The average Bonchev–Trinajstić information content (AvgIpc) is 2.38. The van der Waals surface area contributed by atoms with Gasteiger partial charge in [-0.05, 0) is 36.9 Å². The molecule has 1 N–H and O–H groups in total. The third kappa shape index (κ3) is 5.29. The van der Waals surface area contributed by atoms with Crippen LogP contribution in [-0.4, -0.2) is 18.1 Å². The first kappa shape index (κ1) is 14.5. The van der Waals surface area contributed by atoms with Gasteiger partial charge in [0.15, 0.2) is 0 Å². The minimum atomic E-state index is 0.648. The summed E-state index contributed by atoms with van der Waals surface area (Å²) in [6, 6.07) is 4.21. The molecule has 0 atom stereocenters. The number of ether oxygens (including phenoxy) is 1. The molecule has 0 unspecified atom stereocenters. The summed E-state index contributed by atoms with van der Waals surface area (Å²) in [5.41, 5.74) is 2.28. The lowest BCUT2D eigenvalue weighted by Crippen LogP contribution is -2.14. The molecule has 3 heteroatoms. The first-order chi connectivity index (χ1) is 9.38. The summed E-state index contributed by atoms with van der Waals surface area (Å²) >= 11 is 0. The highest BCUT2D eigenvalue weighted by molar-refractivity contribution is 5.13. The summed E-state index contributed by atoms with van der Waals surface area (Å²) in [7, 11) is 0. The van der Waals surface area contributed by atoms with Gasteiger partial charge in [0.2, 0.25) is 0 Å². The predicted octanol–water partition coefficient (Wildman–Crippen LogP) is 3.29. The van der Waals surface area contributed by atoms with Crippen molar-refractivity contribution in [2.75, 3.05) is 13.2 Å². The van der Waals surface area contributed by atoms with Crippen molar-refractivity contribution in [3.05, 3.63) is 29.6 Å². The molecule has 1 saturated carbocycles. The first-order valence-corrected chi connectivity index (χ1v) is 7.60. The van der Waals surface area contributed by atoms with Crippen molar-refractivity contribution >= 4 is 0 Å². The predicted molar refractivity (Wildman–Crippen MR) is 77.8 cm³/mol. The summed E-state index contributed by atoms with van der Waals surface area (Å²) in [6.45, 7) is 5.67. The van der Waals surface area contributed by atoms with Crippen LogP contribution >= 0.6 is 0 Å². The van der Waals surface area contributed by atoms with E-state index in [1.54, 1.807) is 0 Å². The van der Waals surface area contributed by atoms with E-state index < -0.39 is 0 Å². The van der Waals surface area contributed by atoms with Crippen LogP contribution in [0.4, 0.5) is 0 Å². The van der Waals surface area contributed by atoms with E-state index in [1.807, 2.05) is 6.20 Å². The van der Waals surface area contributed by atoms with Gasteiger partial charge >= 0.3 is 0 Å². The largest absolute Gasteiger partial charge is 0.375 e. The molecule has 1 aromatic heterocycles. The lowest BCUT2D eigenvalue weighted by Gasteiger charge is -2.24. The van der Waals surface area contributed by atoms with Crippen molar-refractivity contribution in [2.45, 2.75) is 52.2 Å². The van der Waals surface area contributed by atoms with E-state index in [2.05, 4.69) is 29.4 Å². The Labute approximate surface area is 116 Å². The Balaban J connectivity index is 1.60. The number of nitrogens with zero attached hydrogens (tertiary/aromatic N) is 1. The lowest BCUT2D eigenvalue weighted by atomic mass is 9.83. The SMILES string of the molecule is CCCNCc1ccc(COCCC2CCC2)nc1. The molecule has 0 spiro atoms. The minimum absolute atomic E-state index is 0.648. The van der Waals surface area contributed by atoms with Crippen molar-refractivity contribution in [1.82, 2.24) is 10.3 Å². The fourth-order valence-corrected chi connectivity index (χ4v) is 2.26. The van der Waals surface area contributed by atoms with Crippen LogP contribution in [-0.2, 0) is 17.9 Å². The van der Waals surface area contributed by atoms with Gasteiger partial charge in [0.25, 0.3) is 0 Å². The van der Waals surface area contributed by atoms with Gasteiger partial charge in [-0.3, -0.25) is 4.98 Å². The number of nitrogens with one attached hydrogen (secondary N) is 1. The molecule has 0 amide bonds. The Hall–Kier alpha value is -0.930. The van der Waals surface area contributed by atoms with Gasteiger partial charge in [0, 0.05) is 19.3 Å². The van der Waals surface area contributed by atoms with Gasteiger partial charge in [0.1, 0.15) is 0 Å². The van der Waals surface area contributed by atoms with Crippen LogP contribution in [0.15, 0.2) is 18.3 Å². The molecule has 1 fully saturated rings. The Morgan fingerprint density at radius 2 is 2.26 bits per heavy atom. The lowest BCUT2D eigenvalue weighted by molar-refractivity contribution is 0.0929. The number of rotatable bonds is 9. The zero-order chi connectivity index (χ0) is 13.3. The van der Waals surface area contributed by atoms with Crippen LogP contribution in [0, 0.1) is 5.92 Å².